The summed E-state index contributed by atoms with van der Waals surface area (Å²) in [6.07, 6.45) is 5.51. The van der Waals surface area contributed by atoms with Crippen LogP contribution in [0.15, 0.2) is 0 Å². The van der Waals surface area contributed by atoms with Crippen molar-refractivity contribution in [3.8, 4) is 0 Å². The van der Waals surface area contributed by atoms with Crippen molar-refractivity contribution in [1.82, 2.24) is 0 Å². The van der Waals surface area contributed by atoms with E-state index in [9.17, 15) is 15.0 Å². The summed E-state index contributed by atoms with van der Waals surface area (Å²) in [6, 6.07) is 0. The molecule has 0 heterocycles. The van der Waals surface area contributed by atoms with Gasteiger partial charge in [0.25, 0.3) is 0 Å². The summed E-state index contributed by atoms with van der Waals surface area (Å²) in [5, 5.41) is 21.1. The molecule has 1 aliphatic rings. The van der Waals surface area contributed by atoms with E-state index in [1.165, 1.54) is 0 Å². The summed E-state index contributed by atoms with van der Waals surface area (Å²) in [6.45, 7) is 1.93. The highest BCUT2D eigenvalue weighted by atomic mass is 16.4. The molecule has 3 heteroatoms. The fraction of sp³-hybridized carbons (Fsp3) is 0.909. The third-order valence-electron chi connectivity index (χ3n) is 3.23. The standard InChI is InChI=1S/C11H20O3/c1-2-6-9(10(12)13)11(14)7-4-3-5-8-11/h9,14H,2-8H2,1H3,(H,12,13)/p-1. The Morgan fingerprint density at radius 3 is 2.43 bits per heavy atom. The van der Waals surface area contributed by atoms with E-state index in [2.05, 4.69) is 0 Å². The Labute approximate surface area is 85.1 Å². The van der Waals surface area contributed by atoms with Gasteiger partial charge in [-0.25, -0.2) is 0 Å². The first-order valence-corrected chi connectivity index (χ1v) is 5.53. The quantitative estimate of drug-likeness (QED) is 0.730. The van der Waals surface area contributed by atoms with Crippen LogP contribution in [0.4, 0.5) is 0 Å². The van der Waals surface area contributed by atoms with E-state index in [1.807, 2.05) is 6.92 Å². The van der Waals surface area contributed by atoms with Gasteiger partial charge < -0.3 is 15.0 Å². The number of aliphatic hydroxyl groups is 1. The van der Waals surface area contributed by atoms with Crippen LogP contribution in [0.3, 0.4) is 0 Å². The van der Waals surface area contributed by atoms with E-state index in [1.54, 1.807) is 0 Å². The number of hydrogen-bond acceptors (Lipinski definition) is 3. The highest BCUT2D eigenvalue weighted by Crippen LogP contribution is 2.36. The maximum absolute atomic E-state index is 10.9. The van der Waals surface area contributed by atoms with Crippen LogP contribution >= 0.6 is 0 Å². The molecule has 0 aliphatic heterocycles. The molecule has 0 aromatic carbocycles. The van der Waals surface area contributed by atoms with Gasteiger partial charge in [-0.1, -0.05) is 32.6 Å². The molecule has 0 aromatic heterocycles. The van der Waals surface area contributed by atoms with Crippen LogP contribution in [0.5, 0.6) is 0 Å². The van der Waals surface area contributed by atoms with E-state index in [0.29, 0.717) is 19.3 Å². The zero-order valence-electron chi connectivity index (χ0n) is 8.79. The lowest BCUT2D eigenvalue weighted by molar-refractivity contribution is -0.318. The van der Waals surface area contributed by atoms with E-state index in [0.717, 1.165) is 25.7 Å². The van der Waals surface area contributed by atoms with Crippen molar-refractivity contribution in [2.24, 2.45) is 5.92 Å². The van der Waals surface area contributed by atoms with Gasteiger partial charge in [0.1, 0.15) is 0 Å². The summed E-state index contributed by atoms with van der Waals surface area (Å²) in [5.74, 6) is -1.76. The second-order valence-corrected chi connectivity index (χ2v) is 4.32. The minimum absolute atomic E-state index is 0.527. The number of carboxylic acids is 1. The fourth-order valence-corrected chi connectivity index (χ4v) is 2.41. The predicted molar refractivity (Wildman–Crippen MR) is 51.4 cm³/mol. The molecule has 0 spiro atoms. The number of rotatable bonds is 4. The van der Waals surface area contributed by atoms with Crippen molar-refractivity contribution in [2.75, 3.05) is 0 Å². The van der Waals surface area contributed by atoms with Crippen molar-refractivity contribution in [2.45, 2.75) is 57.5 Å². The van der Waals surface area contributed by atoms with E-state index in [4.69, 9.17) is 0 Å². The van der Waals surface area contributed by atoms with Gasteiger partial charge in [-0.15, -0.1) is 0 Å². The maximum atomic E-state index is 10.9. The molecule has 0 bridgehead atoms. The van der Waals surface area contributed by atoms with Crippen molar-refractivity contribution < 1.29 is 15.0 Å². The Kier molecular flexibility index (Phi) is 3.93. The van der Waals surface area contributed by atoms with Crippen LogP contribution in [-0.2, 0) is 4.79 Å². The van der Waals surface area contributed by atoms with Gasteiger partial charge in [0.05, 0.1) is 5.60 Å². The Bertz CT molecular complexity index is 195. The van der Waals surface area contributed by atoms with Crippen LogP contribution in [0.1, 0.15) is 51.9 Å². The molecular formula is C11H19O3-. The number of hydrogen-bond donors (Lipinski definition) is 1. The SMILES string of the molecule is CCCC(C(=O)[O-])C1(O)CCCCC1. The van der Waals surface area contributed by atoms with Gasteiger partial charge in [-0.2, -0.15) is 0 Å². The topological polar surface area (TPSA) is 60.4 Å². The molecule has 1 unspecified atom stereocenters. The van der Waals surface area contributed by atoms with Gasteiger partial charge in [0.15, 0.2) is 0 Å². The maximum Gasteiger partial charge on any atom is 0.0727 e. The molecule has 0 aromatic rings. The lowest BCUT2D eigenvalue weighted by Gasteiger charge is -2.39. The molecule has 14 heavy (non-hydrogen) atoms. The molecule has 0 saturated heterocycles. The van der Waals surface area contributed by atoms with Crippen molar-refractivity contribution in [1.29, 1.82) is 0 Å². The average Bonchev–Trinajstić information content (AvgIpc) is 2.14. The summed E-state index contributed by atoms with van der Waals surface area (Å²) >= 11 is 0. The van der Waals surface area contributed by atoms with E-state index < -0.39 is 17.5 Å². The van der Waals surface area contributed by atoms with Gasteiger partial charge in [-0.3, -0.25) is 0 Å². The highest BCUT2D eigenvalue weighted by molar-refractivity contribution is 5.69. The molecule has 1 fully saturated rings. The summed E-state index contributed by atoms with van der Waals surface area (Å²) < 4.78 is 0. The second kappa shape index (κ2) is 4.78. The molecule has 82 valence electrons. The molecule has 1 N–H and O–H groups in total. The Balaban J connectivity index is 2.68. The normalized spacial score (nSPS) is 23.0. The largest absolute Gasteiger partial charge is 0.550 e. The zero-order chi connectivity index (χ0) is 10.6. The van der Waals surface area contributed by atoms with Crippen molar-refractivity contribution in [3.05, 3.63) is 0 Å². The molecule has 1 saturated carbocycles. The molecule has 0 radical (unpaired) electrons. The van der Waals surface area contributed by atoms with Gasteiger partial charge in [0.2, 0.25) is 0 Å². The molecule has 0 amide bonds. The lowest BCUT2D eigenvalue weighted by Crippen LogP contribution is -2.49. The molecule has 1 aliphatic carbocycles. The second-order valence-electron chi connectivity index (χ2n) is 4.32. The van der Waals surface area contributed by atoms with Gasteiger partial charge >= 0.3 is 0 Å². The first kappa shape index (κ1) is 11.5. The van der Waals surface area contributed by atoms with Crippen molar-refractivity contribution >= 4 is 5.97 Å². The van der Waals surface area contributed by atoms with Crippen molar-refractivity contribution in [3.63, 3.8) is 0 Å². The van der Waals surface area contributed by atoms with Crippen LogP contribution in [0.2, 0.25) is 0 Å². The van der Waals surface area contributed by atoms with Crippen LogP contribution in [-0.4, -0.2) is 16.7 Å². The summed E-state index contributed by atoms with van der Waals surface area (Å²) in [7, 11) is 0. The van der Waals surface area contributed by atoms with E-state index in [-0.39, 0.29) is 0 Å². The van der Waals surface area contributed by atoms with Gasteiger partial charge in [0, 0.05) is 11.9 Å². The highest BCUT2D eigenvalue weighted by Gasteiger charge is 2.37. The molecule has 1 atom stereocenters. The molecular weight excluding hydrogens is 180 g/mol. The van der Waals surface area contributed by atoms with Gasteiger partial charge in [-0.05, 0) is 19.3 Å². The lowest BCUT2D eigenvalue weighted by atomic mass is 9.74. The number of aliphatic carboxylic acids is 1. The first-order valence-electron chi connectivity index (χ1n) is 5.53. The zero-order valence-corrected chi connectivity index (χ0v) is 8.79. The van der Waals surface area contributed by atoms with Crippen LogP contribution < -0.4 is 5.11 Å². The summed E-state index contributed by atoms with van der Waals surface area (Å²) in [4.78, 5) is 10.9. The third kappa shape index (κ3) is 2.47. The Morgan fingerprint density at radius 2 is 2.00 bits per heavy atom. The summed E-state index contributed by atoms with van der Waals surface area (Å²) in [5.41, 5.74) is -0.993. The van der Waals surface area contributed by atoms with Crippen LogP contribution in [0, 0.1) is 5.92 Å². The number of carbonyl (C=O) groups is 1. The molecule has 3 nitrogen and oxygen atoms in total. The fourth-order valence-electron chi connectivity index (χ4n) is 2.41. The Hall–Kier alpha value is -0.570. The Morgan fingerprint density at radius 1 is 1.43 bits per heavy atom. The van der Waals surface area contributed by atoms with Crippen LogP contribution in [0.25, 0.3) is 0 Å². The predicted octanol–water partition coefficient (Wildman–Crippen LogP) is 0.848. The smallest absolute Gasteiger partial charge is 0.0727 e. The average molecular weight is 199 g/mol. The molecule has 1 rings (SSSR count). The monoisotopic (exact) mass is 199 g/mol. The minimum atomic E-state index is -1.09. The number of carboxylic acid groups (broad SMARTS) is 1. The minimum Gasteiger partial charge on any atom is -0.550 e. The third-order valence-corrected chi connectivity index (χ3v) is 3.23. The van der Waals surface area contributed by atoms with E-state index >= 15 is 0 Å². The number of carbonyl (C=O) groups excluding carboxylic acids is 1. The first-order chi connectivity index (χ1) is 6.60.